The molecule has 2 heterocycles. The van der Waals surface area contributed by atoms with Gasteiger partial charge in [-0.2, -0.15) is 0 Å². The van der Waals surface area contributed by atoms with Crippen molar-refractivity contribution in [1.82, 2.24) is 30.0 Å². The number of benzene rings is 2. The number of amides is 2. The van der Waals surface area contributed by atoms with Crippen molar-refractivity contribution >= 4 is 17.5 Å². The lowest BCUT2D eigenvalue weighted by molar-refractivity contribution is -0.117. The number of aromatic nitrogens is 4. The van der Waals surface area contributed by atoms with E-state index in [1.807, 2.05) is 11.0 Å². The molecule has 1 aromatic heterocycles. The first kappa shape index (κ1) is 19.6. The van der Waals surface area contributed by atoms with Gasteiger partial charge in [0.2, 0.25) is 5.91 Å². The van der Waals surface area contributed by atoms with Crippen molar-refractivity contribution in [1.29, 1.82) is 0 Å². The van der Waals surface area contributed by atoms with Crippen molar-refractivity contribution in [2.45, 2.75) is 0 Å². The van der Waals surface area contributed by atoms with Crippen LogP contribution in [0.2, 0.25) is 0 Å². The highest BCUT2D eigenvalue weighted by Gasteiger charge is 2.23. The summed E-state index contributed by atoms with van der Waals surface area (Å²) in [6.07, 6.45) is 1.47. The molecule has 1 N–H and O–H groups in total. The van der Waals surface area contributed by atoms with Gasteiger partial charge < -0.3 is 10.2 Å². The van der Waals surface area contributed by atoms with Gasteiger partial charge in [0.25, 0.3) is 5.91 Å². The van der Waals surface area contributed by atoms with Gasteiger partial charge in [0, 0.05) is 37.4 Å². The number of nitrogens with zero attached hydrogens (tertiary/aromatic N) is 6. The lowest BCUT2D eigenvalue weighted by Gasteiger charge is -2.34. The van der Waals surface area contributed by atoms with E-state index < -0.39 is 0 Å². The van der Waals surface area contributed by atoms with E-state index in [0.29, 0.717) is 43.1 Å². The van der Waals surface area contributed by atoms with Crippen LogP contribution in [0.25, 0.3) is 5.69 Å². The standard InChI is InChI=1S/C20H20FN7O2/c21-16-4-6-17(7-5-16)23-19(29)13-26-8-10-27(11-9-26)20(30)15-2-1-3-18(12-15)28-14-22-24-25-28/h1-7,12,14H,8-11,13H2,(H,23,29). The highest BCUT2D eigenvalue weighted by molar-refractivity contribution is 5.95. The predicted octanol–water partition coefficient (Wildman–Crippen LogP) is 1.20. The summed E-state index contributed by atoms with van der Waals surface area (Å²) in [7, 11) is 0. The van der Waals surface area contributed by atoms with Crippen LogP contribution in [-0.2, 0) is 4.79 Å². The summed E-state index contributed by atoms with van der Waals surface area (Å²) in [5, 5.41) is 13.8. The number of piperazine rings is 1. The third kappa shape index (κ3) is 4.66. The number of carbonyl (C=O) groups is 2. The molecule has 1 aliphatic rings. The van der Waals surface area contributed by atoms with E-state index in [2.05, 4.69) is 20.8 Å². The van der Waals surface area contributed by atoms with Crippen LogP contribution in [0.4, 0.5) is 10.1 Å². The van der Waals surface area contributed by atoms with Crippen LogP contribution in [0.5, 0.6) is 0 Å². The molecule has 10 heteroatoms. The molecule has 2 aromatic carbocycles. The molecule has 0 radical (unpaired) electrons. The van der Waals surface area contributed by atoms with Crippen molar-refractivity contribution < 1.29 is 14.0 Å². The molecule has 0 aliphatic carbocycles. The number of carbonyl (C=O) groups excluding carboxylic acids is 2. The van der Waals surface area contributed by atoms with Crippen molar-refractivity contribution in [3.63, 3.8) is 0 Å². The van der Waals surface area contributed by atoms with Crippen molar-refractivity contribution in [2.75, 3.05) is 38.0 Å². The zero-order valence-corrected chi connectivity index (χ0v) is 16.1. The molecule has 1 saturated heterocycles. The number of anilines is 1. The molecule has 3 aromatic rings. The second-order valence-electron chi connectivity index (χ2n) is 6.93. The van der Waals surface area contributed by atoms with Crippen LogP contribution in [0, 0.1) is 5.82 Å². The summed E-state index contributed by atoms with van der Waals surface area (Å²) >= 11 is 0. The Morgan fingerprint density at radius 3 is 2.50 bits per heavy atom. The molecule has 0 bridgehead atoms. The largest absolute Gasteiger partial charge is 0.336 e. The van der Waals surface area contributed by atoms with E-state index >= 15 is 0 Å². The van der Waals surface area contributed by atoms with Crippen LogP contribution in [0.15, 0.2) is 54.9 Å². The molecule has 0 saturated carbocycles. The molecule has 0 spiro atoms. The maximum atomic E-state index is 13.0. The van der Waals surface area contributed by atoms with Crippen LogP contribution in [0.1, 0.15) is 10.4 Å². The second-order valence-corrected chi connectivity index (χ2v) is 6.93. The number of nitrogens with one attached hydrogen (secondary N) is 1. The zero-order chi connectivity index (χ0) is 20.9. The molecule has 4 rings (SSSR count). The number of rotatable bonds is 5. The first-order valence-electron chi connectivity index (χ1n) is 9.49. The van der Waals surface area contributed by atoms with E-state index in [4.69, 9.17) is 0 Å². The first-order valence-corrected chi connectivity index (χ1v) is 9.49. The summed E-state index contributed by atoms with van der Waals surface area (Å²) in [6, 6.07) is 12.8. The fourth-order valence-electron chi connectivity index (χ4n) is 3.29. The van der Waals surface area contributed by atoms with Gasteiger partial charge in [0.05, 0.1) is 12.2 Å². The Kier molecular flexibility index (Phi) is 5.75. The first-order chi connectivity index (χ1) is 14.6. The molecule has 1 aliphatic heterocycles. The molecule has 1 fully saturated rings. The fourth-order valence-corrected chi connectivity index (χ4v) is 3.29. The summed E-state index contributed by atoms with van der Waals surface area (Å²) in [6.45, 7) is 2.45. The van der Waals surface area contributed by atoms with Gasteiger partial charge in [-0.05, 0) is 52.9 Å². The van der Waals surface area contributed by atoms with Crippen LogP contribution in [0.3, 0.4) is 0 Å². The zero-order valence-electron chi connectivity index (χ0n) is 16.1. The Hall–Kier alpha value is -3.66. The molecule has 30 heavy (non-hydrogen) atoms. The molecule has 0 unspecified atom stereocenters. The fraction of sp³-hybridized carbons (Fsp3) is 0.250. The molecular weight excluding hydrogens is 389 g/mol. The summed E-state index contributed by atoms with van der Waals surface area (Å²) in [5.74, 6) is -0.590. The minimum absolute atomic E-state index is 0.0691. The topological polar surface area (TPSA) is 96.3 Å². The Labute approximate surface area is 172 Å². The van der Waals surface area contributed by atoms with Crippen molar-refractivity contribution in [2.24, 2.45) is 0 Å². The quantitative estimate of drug-likeness (QED) is 0.680. The van der Waals surface area contributed by atoms with Crippen molar-refractivity contribution in [3.05, 3.63) is 66.2 Å². The lowest BCUT2D eigenvalue weighted by atomic mass is 10.1. The van der Waals surface area contributed by atoms with Crippen LogP contribution < -0.4 is 5.32 Å². The van der Waals surface area contributed by atoms with Gasteiger partial charge in [0.1, 0.15) is 12.1 Å². The van der Waals surface area contributed by atoms with E-state index in [9.17, 15) is 14.0 Å². The maximum Gasteiger partial charge on any atom is 0.254 e. The summed E-state index contributed by atoms with van der Waals surface area (Å²) in [5.41, 5.74) is 1.82. The normalized spacial score (nSPS) is 14.5. The van der Waals surface area contributed by atoms with E-state index in [1.165, 1.54) is 35.3 Å². The third-order valence-electron chi connectivity index (χ3n) is 4.86. The second kappa shape index (κ2) is 8.78. The number of halogens is 1. The average Bonchev–Trinajstić information content (AvgIpc) is 3.31. The molecule has 154 valence electrons. The number of hydrogen-bond donors (Lipinski definition) is 1. The van der Waals surface area contributed by atoms with Gasteiger partial charge in [0.15, 0.2) is 0 Å². The Balaban J connectivity index is 1.30. The number of hydrogen-bond acceptors (Lipinski definition) is 6. The Morgan fingerprint density at radius 2 is 1.80 bits per heavy atom. The molecule has 0 atom stereocenters. The van der Waals surface area contributed by atoms with E-state index in [-0.39, 0.29) is 24.2 Å². The average molecular weight is 409 g/mol. The lowest BCUT2D eigenvalue weighted by Crippen LogP contribution is -2.50. The summed E-state index contributed by atoms with van der Waals surface area (Å²) < 4.78 is 14.4. The van der Waals surface area contributed by atoms with Gasteiger partial charge in [-0.15, -0.1) is 5.10 Å². The van der Waals surface area contributed by atoms with E-state index in [0.717, 1.165) is 0 Å². The minimum Gasteiger partial charge on any atom is -0.336 e. The Morgan fingerprint density at radius 1 is 1.03 bits per heavy atom. The monoisotopic (exact) mass is 409 g/mol. The van der Waals surface area contributed by atoms with Gasteiger partial charge >= 0.3 is 0 Å². The maximum absolute atomic E-state index is 13.0. The van der Waals surface area contributed by atoms with Gasteiger partial charge in [-0.1, -0.05) is 6.07 Å². The van der Waals surface area contributed by atoms with Gasteiger partial charge in [-0.25, -0.2) is 9.07 Å². The SMILES string of the molecule is O=C(CN1CCN(C(=O)c2cccc(-n3cnnn3)c2)CC1)Nc1ccc(F)cc1. The smallest absolute Gasteiger partial charge is 0.254 e. The third-order valence-corrected chi connectivity index (χ3v) is 4.86. The van der Waals surface area contributed by atoms with Gasteiger partial charge in [-0.3, -0.25) is 14.5 Å². The van der Waals surface area contributed by atoms with E-state index in [1.54, 1.807) is 23.1 Å². The highest BCUT2D eigenvalue weighted by Crippen LogP contribution is 2.13. The molecule has 9 nitrogen and oxygen atoms in total. The minimum atomic E-state index is -0.350. The Bertz CT molecular complexity index is 1020. The van der Waals surface area contributed by atoms with Crippen LogP contribution >= 0.6 is 0 Å². The molecule has 2 amide bonds. The van der Waals surface area contributed by atoms with Crippen molar-refractivity contribution in [3.8, 4) is 5.69 Å². The highest BCUT2D eigenvalue weighted by atomic mass is 19.1. The van der Waals surface area contributed by atoms with Crippen LogP contribution in [-0.4, -0.2) is 74.5 Å². The molecular formula is C20H20FN7O2. The number of tetrazole rings is 1. The summed E-state index contributed by atoms with van der Waals surface area (Å²) in [4.78, 5) is 28.8. The predicted molar refractivity (Wildman–Crippen MR) is 107 cm³/mol.